The van der Waals surface area contributed by atoms with Gasteiger partial charge in [-0.3, -0.25) is 24.3 Å². The monoisotopic (exact) mass is 1140 g/mol. The van der Waals surface area contributed by atoms with Crippen molar-refractivity contribution in [3.63, 3.8) is 0 Å². The van der Waals surface area contributed by atoms with Crippen molar-refractivity contribution < 1.29 is 89.9 Å². The van der Waals surface area contributed by atoms with Gasteiger partial charge in [0, 0.05) is 118 Å². The van der Waals surface area contributed by atoms with Gasteiger partial charge in [-0.2, -0.15) is 0 Å². The van der Waals surface area contributed by atoms with Gasteiger partial charge < -0.3 is 86.0 Å². The van der Waals surface area contributed by atoms with E-state index in [0.29, 0.717) is 52.2 Å². The Balaban J connectivity index is 0.000000919. The number of hydrogen-bond donors (Lipinski definition) is 4. The molecule has 0 saturated carbocycles. The number of nitrogens with zero attached hydrogens (tertiary/aromatic N) is 3. The fourth-order valence-corrected chi connectivity index (χ4v) is 11.0. The van der Waals surface area contributed by atoms with Crippen LogP contribution in [-0.2, 0) is 75.0 Å². The molecule has 10 radical (unpaired) electrons. The maximum atomic E-state index is 12.4. The molecule has 16 atom stereocenters. The lowest BCUT2D eigenvalue weighted by atomic mass is 9.93. The van der Waals surface area contributed by atoms with Gasteiger partial charge in [0.1, 0.15) is 63.1 Å². The van der Waals surface area contributed by atoms with E-state index in [0.717, 1.165) is 19.8 Å². The van der Waals surface area contributed by atoms with E-state index in [9.17, 15) is 37.6 Å². The molecule has 35 heteroatoms. The van der Waals surface area contributed by atoms with Crippen molar-refractivity contribution in [2.75, 3.05) is 142 Å². The van der Waals surface area contributed by atoms with E-state index >= 15 is 0 Å². The number of aliphatic hydroxyl groups excluding tert-OH is 1. The summed E-state index contributed by atoms with van der Waals surface area (Å²) in [6.07, 6.45) is -1.34. The van der Waals surface area contributed by atoms with Crippen LogP contribution in [-0.4, -0.2) is 293 Å². The second kappa shape index (κ2) is 37.7. The quantitative estimate of drug-likeness (QED) is 0.0389. The van der Waals surface area contributed by atoms with Crippen molar-refractivity contribution >= 4 is 88.2 Å². The number of hydrogen-bond acceptors (Lipinski definition) is 20. The van der Waals surface area contributed by atoms with Crippen molar-refractivity contribution in [3.8, 4) is 0 Å². The Labute approximate surface area is 453 Å². The number of Topliss-reactive ketones (excluding diaryl/α,β-unsaturated/α-hetero) is 1. The Morgan fingerprint density at radius 1 is 0.800 bits per heavy atom. The molecule has 428 valence electrons. The van der Waals surface area contributed by atoms with Crippen LogP contribution in [0.25, 0.3) is 0 Å². The third-order valence-corrected chi connectivity index (χ3v) is 15.7. The van der Waals surface area contributed by atoms with Crippen molar-refractivity contribution in [2.24, 2.45) is 0 Å². The fraction of sp³-hybridized carbons (Fsp3) is 0.950. The summed E-state index contributed by atoms with van der Waals surface area (Å²) in [4.78, 5) is 45.7. The van der Waals surface area contributed by atoms with Gasteiger partial charge in [-0.05, 0) is 74.2 Å². The summed E-state index contributed by atoms with van der Waals surface area (Å²) in [5, 5.41) is 17.3. The average molecular weight is 1140 g/mol. The molecular weight excluding hydrogens is 1060 g/mol. The van der Waals surface area contributed by atoms with Crippen LogP contribution in [0.3, 0.4) is 0 Å². The zero-order valence-corrected chi connectivity index (χ0v) is 48.7. The minimum atomic E-state index is -3.95. The number of morpholine rings is 1. The van der Waals surface area contributed by atoms with Crippen LogP contribution in [0.4, 0.5) is 0 Å². The van der Waals surface area contributed by atoms with Crippen molar-refractivity contribution in [3.05, 3.63) is 0 Å². The lowest BCUT2D eigenvalue weighted by Crippen LogP contribution is -2.48. The van der Waals surface area contributed by atoms with E-state index < -0.39 is 72.3 Å². The van der Waals surface area contributed by atoms with E-state index in [2.05, 4.69) is 15.5 Å². The summed E-state index contributed by atoms with van der Waals surface area (Å²) >= 11 is 0. The van der Waals surface area contributed by atoms with Crippen molar-refractivity contribution in [1.82, 2.24) is 29.7 Å². The maximum absolute atomic E-state index is 12.4. The van der Waals surface area contributed by atoms with Crippen molar-refractivity contribution in [1.29, 1.82) is 0 Å². The van der Waals surface area contributed by atoms with Crippen LogP contribution in [0.2, 0.25) is 6.32 Å². The summed E-state index contributed by atoms with van der Waals surface area (Å²) in [5.74, 6) is -0.219. The Hall–Kier alpha value is -0.270. The zero-order valence-electron chi connectivity index (χ0n) is 45.1. The molecule has 1 amide bonds. The summed E-state index contributed by atoms with van der Waals surface area (Å²) in [5.41, 5.74) is 0. The van der Waals surface area contributed by atoms with Gasteiger partial charge in [-0.25, -0.2) is 9.34 Å². The number of nitrogens with one attached hydrogen (secondary N) is 3. The number of carbonyl (C=O) groups excluding carboxylic acids is 2. The van der Waals surface area contributed by atoms with Crippen LogP contribution >= 0.6 is 29.7 Å². The van der Waals surface area contributed by atoms with Gasteiger partial charge in [-0.15, -0.1) is 0 Å². The molecule has 0 aromatic carbocycles. The molecule has 4 heterocycles. The first-order chi connectivity index (χ1) is 34.7. The Kier molecular flexibility index (Phi) is 37.5. The molecule has 4 N–H and O–H groups in total. The number of carbonyl (C=O) groups is 2. The molecule has 4 saturated heterocycles. The molecule has 4 fully saturated rings. The Bertz CT molecular complexity index is 1760. The van der Waals surface area contributed by atoms with Gasteiger partial charge in [0.2, 0.25) is 13.4 Å². The number of amides is 1. The summed E-state index contributed by atoms with van der Waals surface area (Å²) < 4.78 is 102. The highest BCUT2D eigenvalue weighted by molar-refractivity contribution is 7.85. The summed E-state index contributed by atoms with van der Waals surface area (Å²) in [6.45, 7) is 10.6. The normalized spacial score (nSPS) is 30.7. The van der Waals surface area contributed by atoms with Crippen LogP contribution in [0.1, 0.15) is 26.2 Å². The maximum Gasteiger partial charge on any atom is 0.214 e. The van der Waals surface area contributed by atoms with Crippen LogP contribution in [0.15, 0.2) is 0 Å². The number of methoxy groups -OCH3 is 4. The van der Waals surface area contributed by atoms with Gasteiger partial charge in [0.25, 0.3) is 0 Å². The highest BCUT2D eigenvalue weighted by atomic mass is 31.2. The predicted octanol–water partition coefficient (Wildman–Crippen LogP) is -3.64. The number of ether oxygens (including phenoxy) is 9. The smallest absolute Gasteiger partial charge is 0.214 e. The average Bonchev–Trinajstić information content (AvgIpc) is 3.91. The number of likely N-dealkylation sites (N-methyl/N-ethyl adjacent to an activating group) is 1. The second-order valence-corrected chi connectivity index (χ2v) is 25.7. The lowest BCUT2D eigenvalue weighted by Gasteiger charge is -2.41. The van der Waals surface area contributed by atoms with E-state index in [1.807, 2.05) is 4.67 Å². The first-order valence-electron chi connectivity index (χ1n) is 23.6. The van der Waals surface area contributed by atoms with E-state index in [4.69, 9.17) is 91.5 Å². The highest BCUT2D eigenvalue weighted by Gasteiger charge is 2.45. The van der Waals surface area contributed by atoms with Gasteiger partial charge in [0.15, 0.2) is 6.29 Å². The Morgan fingerprint density at radius 3 is 1.73 bits per heavy atom. The SMILES string of the molecule is [B]C1CN(P(C)(=O)N(C)C)CC(OC)O1.[B]CC(=O)N(CCNC)CC(C)=O.[B][C@@H]1O[C@H](COC)C(OP(C)(=O)[O-])[C@@H]1OCCCO.[B][C@H]1CC(NP(C)(=O)[O-])[C@@H](COC)O1.[B][C@H]1CC(NP([BH3-])(C)=O)[C@@H](COC)O1. The number of aliphatic hydroxyl groups is 1. The number of rotatable bonds is 25. The first kappa shape index (κ1) is 74.7. The minimum absolute atomic E-state index is 0.0241. The lowest BCUT2D eigenvalue weighted by molar-refractivity contribution is -0.205. The minimum Gasteiger partial charge on any atom is -0.788 e. The largest absolute Gasteiger partial charge is 0.788 e. The molecule has 0 aromatic rings. The molecule has 0 aliphatic carbocycles. The summed E-state index contributed by atoms with van der Waals surface area (Å²) in [6, 6.07) is -2.10. The molecule has 75 heavy (non-hydrogen) atoms. The third-order valence-electron chi connectivity index (χ3n) is 10.8. The molecule has 9 unspecified atom stereocenters. The van der Waals surface area contributed by atoms with Gasteiger partial charge in [-0.1, -0.05) is 0 Å². The van der Waals surface area contributed by atoms with E-state index in [1.165, 1.54) is 26.0 Å². The number of ketones is 1. The molecule has 0 spiro atoms. The topological polar surface area (TPSA) is 307 Å². The standard InChI is InChI=1S/C10H20BO7P.C8H18BN2O3P.C8H15BN2O2.C7H17B2NO3P.C7H15BNO4P/c1-15-6-7-8(18-19(2,13)14)9(10(11)17-7)16-5-3-4-12;1-10(2)15(4,12)11-5-7(9)14-8(6-11)13-3;1-7(12)6-11(4-3-10-2)8(13)5-9;1-12-4-6-5(3-7(8)13-6)10-14(2,9)11;1-12-4-6-5(3-7(8)13-6)9-14(2,10)11/h7-10,12H,3-6H2,1-2H3,(H,13,14);7-8H,5-6H2,1-4H3;10H,3-6H2,1-2H3;5-7H,3-4H2,1-2,9H3,(H,10,11);5-7H,3-4H2,1-2H3,(H2,9,10,11)/q;;;-1;/p-2/t7-,8?,9+,10-;;;5?,6-,7-,14?;5?,6-,7-/m1..11/s1. The first-order valence-corrected chi connectivity index (χ1v) is 31.5. The summed E-state index contributed by atoms with van der Waals surface area (Å²) in [7, 11) is 27.3. The third kappa shape index (κ3) is 32.1. The van der Waals surface area contributed by atoms with Gasteiger partial charge >= 0.3 is 0 Å². The van der Waals surface area contributed by atoms with E-state index in [-0.39, 0.29) is 82.2 Å². The highest BCUT2D eigenvalue weighted by Crippen LogP contribution is 2.48. The zero-order chi connectivity index (χ0) is 57.9. The predicted molar refractivity (Wildman–Crippen MR) is 291 cm³/mol. The van der Waals surface area contributed by atoms with E-state index in [1.54, 1.807) is 53.4 Å². The second-order valence-electron chi connectivity index (χ2n) is 17.7. The molecule has 25 nitrogen and oxygen atoms in total. The van der Waals surface area contributed by atoms with Crippen LogP contribution in [0.5, 0.6) is 0 Å². The van der Waals surface area contributed by atoms with Crippen LogP contribution in [0, 0.1) is 0 Å². The Morgan fingerprint density at radius 2 is 1.32 bits per heavy atom. The molecule has 4 rings (SSSR count). The molecule has 4 aliphatic heterocycles. The molecule has 0 aromatic heterocycles. The van der Waals surface area contributed by atoms with Crippen LogP contribution < -0.4 is 25.3 Å². The fourth-order valence-electron chi connectivity index (χ4n) is 7.23. The van der Waals surface area contributed by atoms with Crippen molar-refractivity contribution in [2.45, 2.75) is 105 Å². The molecule has 4 aliphatic rings. The molecular formula is C40H83B6N6O19P4-3. The molecule has 0 bridgehead atoms. The van der Waals surface area contributed by atoms with Gasteiger partial charge in [0.05, 0.1) is 60.5 Å².